The lowest BCUT2D eigenvalue weighted by molar-refractivity contribution is -0.161. The van der Waals surface area contributed by atoms with Crippen LogP contribution < -0.4 is 0 Å². The fourth-order valence-electron chi connectivity index (χ4n) is 9.58. The molecular weight excluding hydrogens is 1100 g/mol. The van der Waals surface area contributed by atoms with E-state index < -0.39 is 97.5 Å². The van der Waals surface area contributed by atoms with E-state index in [9.17, 15) is 43.2 Å². The van der Waals surface area contributed by atoms with Gasteiger partial charge in [-0.3, -0.25) is 37.3 Å². The molecule has 17 nitrogen and oxygen atoms in total. The highest BCUT2D eigenvalue weighted by Gasteiger charge is 2.30. The maximum Gasteiger partial charge on any atom is 0.472 e. The van der Waals surface area contributed by atoms with E-state index >= 15 is 0 Å². The largest absolute Gasteiger partial charge is 0.472 e. The van der Waals surface area contributed by atoms with Crippen molar-refractivity contribution in [3.63, 3.8) is 0 Å². The van der Waals surface area contributed by atoms with E-state index in [-0.39, 0.29) is 25.7 Å². The van der Waals surface area contributed by atoms with Crippen LogP contribution in [0.5, 0.6) is 0 Å². The van der Waals surface area contributed by atoms with Gasteiger partial charge in [0.25, 0.3) is 0 Å². The van der Waals surface area contributed by atoms with Crippen molar-refractivity contribution in [3.05, 3.63) is 0 Å². The molecule has 492 valence electrons. The van der Waals surface area contributed by atoms with E-state index in [1.807, 2.05) is 0 Å². The lowest BCUT2D eigenvalue weighted by Crippen LogP contribution is -2.30. The van der Waals surface area contributed by atoms with Crippen LogP contribution in [0.2, 0.25) is 0 Å². The Morgan fingerprint density at radius 3 is 0.819 bits per heavy atom. The van der Waals surface area contributed by atoms with Crippen LogP contribution in [-0.2, 0) is 65.4 Å². The molecule has 0 bridgehead atoms. The first-order valence-electron chi connectivity index (χ1n) is 33.6. The standard InChI is InChI=1S/C64H124O17P2/c1-6-9-12-15-17-19-21-22-23-24-25-26-28-30-34-39-44-49-63(68)81-60(54-75-62(67)48-43-38-33-29-27-20-18-16-13-10-7-2)56-79-83(72,73)77-52-58(65)51-76-82(70,71)78-55-59(53-74-61(66)47-42-36-14-11-8-3)80-64(69)50-45-40-35-31-32-37-41-46-57(4)5/h57-60,65H,6-56H2,1-5H3,(H,70,71)(H,72,73)/t58-,59+,60+/m0/s1. The third kappa shape index (κ3) is 58.8. The molecule has 2 unspecified atom stereocenters. The van der Waals surface area contributed by atoms with E-state index in [1.54, 1.807) is 0 Å². The van der Waals surface area contributed by atoms with Crippen molar-refractivity contribution in [2.45, 2.75) is 342 Å². The van der Waals surface area contributed by atoms with Gasteiger partial charge in [0.1, 0.15) is 19.3 Å². The monoisotopic (exact) mass is 1230 g/mol. The number of rotatable bonds is 64. The van der Waals surface area contributed by atoms with Crippen LogP contribution >= 0.6 is 15.6 Å². The van der Waals surface area contributed by atoms with Crippen molar-refractivity contribution in [1.29, 1.82) is 0 Å². The molecule has 0 radical (unpaired) electrons. The molecule has 3 N–H and O–H groups in total. The number of hydrogen-bond acceptors (Lipinski definition) is 15. The second-order valence-corrected chi connectivity index (χ2v) is 26.5. The van der Waals surface area contributed by atoms with Gasteiger partial charge in [0.2, 0.25) is 0 Å². The molecule has 0 aliphatic heterocycles. The molecule has 0 spiro atoms. The Morgan fingerprint density at radius 1 is 0.325 bits per heavy atom. The number of aliphatic hydroxyl groups excluding tert-OH is 1. The van der Waals surface area contributed by atoms with Gasteiger partial charge in [0.05, 0.1) is 26.4 Å². The lowest BCUT2D eigenvalue weighted by atomic mass is 10.0. The minimum Gasteiger partial charge on any atom is -0.462 e. The predicted octanol–water partition coefficient (Wildman–Crippen LogP) is 17.8. The van der Waals surface area contributed by atoms with Crippen molar-refractivity contribution >= 4 is 39.5 Å². The number of phosphoric acid groups is 2. The smallest absolute Gasteiger partial charge is 0.462 e. The Kier molecular flexibility index (Phi) is 56.4. The number of carbonyl (C=O) groups excluding carboxylic acids is 4. The van der Waals surface area contributed by atoms with E-state index in [0.29, 0.717) is 31.6 Å². The zero-order valence-corrected chi connectivity index (χ0v) is 55.1. The summed E-state index contributed by atoms with van der Waals surface area (Å²) in [6.45, 7) is 7.04. The first-order chi connectivity index (χ1) is 40.0. The second kappa shape index (κ2) is 57.8. The Labute approximate surface area is 505 Å². The van der Waals surface area contributed by atoms with E-state index in [2.05, 4.69) is 34.6 Å². The van der Waals surface area contributed by atoms with Crippen molar-refractivity contribution in [3.8, 4) is 0 Å². The molecule has 19 heteroatoms. The Morgan fingerprint density at radius 2 is 0.554 bits per heavy atom. The Bertz CT molecular complexity index is 1620. The topological polar surface area (TPSA) is 237 Å². The number of esters is 4. The highest BCUT2D eigenvalue weighted by molar-refractivity contribution is 7.47. The molecule has 5 atom stereocenters. The highest BCUT2D eigenvalue weighted by Crippen LogP contribution is 2.45. The summed E-state index contributed by atoms with van der Waals surface area (Å²) >= 11 is 0. The van der Waals surface area contributed by atoms with Gasteiger partial charge < -0.3 is 33.8 Å². The number of phosphoric ester groups is 2. The summed E-state index contributed by atoms with van der Waals surface area (Å²) in [7, 11) is -9.88. The van der Waals surface area contributed by atoms with Crippen LogP contribution in [0.25, 0.3) is 0 Å². The molecule has 0 heterocycles. The Balaban J connectivity index is 5.15. The molecule has 0 aliphatic carbocycles. The van der Waals surface area contributed by atoms with E-state index in [4.69, 9.17) is 37.0 Å². The van der Waals surface area contributed by atoms with Crippen LogP contribution in [0, 0.1) is 5.92 Å². The summed E-state index contributed by atoms with van der Waals surface area (Å²) < 4.78 is 67.8. The SMILES string of the molecule is CCCCCCCCCCCCCCCCCCCC(=O)O[C@H](COC(=O)CCCCCCCCCCCCC)COP(=O)(O)OC[C@@H](O)COP(=O)(O)OC[C@@H](COC(=O)CCCCCCC)OC(=O)CCCCCCCCCC(C)C. The molecule has 0 fully saturated rings. The van der Waals surface area contributed by atoms with Gasteiger partial charge in [-0.15, -0.1) is 0 Å². The minimum atomic E-state index is -4.94. The van der Waals surface area contributed by atoms with Gasteiger partial charge >= 0.3 is 39.5 Å². The van der Waals surface area contributed by atoms with Crippen molar-refractivity contribution in [1.82, 2.24) is 0 Å². The number of aliphatic hydroxyl groups is 1. The maximum absolute atomic E-state index is 13.0. The summed E-state index contributed by atoms with van der Waals surface area (Å²) in [5.74, 6) is -1.45. The quantitative estimate of drug-likeness (QED) is 0.0222. The van der Waals surface area contributed by atoms with Crippen LogP contribution in [0.1, 0.15) is 324 Å². The summed E-state index contributed by atoms with van der Waals surface area (Å²) in [4.78, 5) is 71.9. The van der Waals surface area contributed by atoms with Crippen LogP contribution in [0.15, 0.2) is 0 Å². The first kappa shape index (κ1) is 81.1. The zero-order chi connectivity index (χ0) is 61.3. The maximum atomic E-state index is 13.0. The van der Waals surface area contributed by atoms with Crippen molar-refractivity contribution in [2.75, 3.05) is 39.6 Å². The fraction of sp³-hybridized carbons (Fsp3) is 0.938. The molecule has 0 amide bonds. The molecule has 0 saturated heterocycles. The van der Waals surface area contributed by atoms with Gasteiger partial charge in [-0.1, -0.05) is 272 Å². The number of hydrogen-bond donors (Lipinski definition) is 3. The summed E-state index contributed by atoms with van der Waals surface area (Å²) in [5.41, 5.74) is 0. The van der Waals surface area contributed by atoms with Gasteiger partial charge in [-0.25, -0.2) is 9.13 Å². The van der Waals surface area contributed by atoms with Gasteiger partial charge in [0, 0.05) is 25.7 Å². The number of unbranched alkanes of at least 4 members (excludes halogenated alkanes) is 36. The van der Waals surface area contributed by atoms with Crippen LogP contribution in [0.3, 0.4) is 0 Å². The number of carbonyl (C=O) groups is 4. The summed E-state index contributed by atoms with van der Waals surface area (Å²) in [6.07, 6.45) is 42.2. The van der Waals surface area contributed by atoms with Crippen LogP contribution in [0.4, 0.5) is 0 Å². The second-order valence-electron chi connectivity index (χ2n) is 23.6. The molecule has 0 saturated carbocycles. The molecular formula is C64H124O17P2. The average Bonchev–Trinajstić information content (AvgIpc) is 3.45. The van der Waals surface area contributed by atoms with Gasteiger partial charge in [-0.2, -0.15) is 0 Å². The van der Waals surface area contributed by atoms with E-state index in [1.165, 1.54) is 141 Å². The van der Waals surface area contributed by atoms with Gasteiger partial charge in [-0.05, 0) is 31.6 Å². The molecule has 83 heavy (non-hydrogen) atoms. The molecule has 0 aromatic heterocycles. The lowest BCUT2D eigenvalue weighted by Gasteiger charge is -2.21. The third-order valence-electron chi connectivity index (χ3n) is 14.8. The summed E-state index contributed by atoms with van der Waals surface area (Å²) in [6, 6.07) is 0. The normalized spacial score (nSPS) is 14.2. The molecule has 0 aliphatic rings. The van der Waals surface area contributed by atoms with Gasteiger partial charge in [0.15, 0.2) is 12.2 Å². The third-order valence-corrected chi connectivity index (χ3v) is 16.7. The van der Waals surface area contributed by atoms with Crippen molar-refractivity contribution in [2.24, 2.45) is 5.92 Å². The average molecular weight is 1230 g/mol. The zero-order valence-electron chi connectivity index (χ0n) is 53.3. The molecule has 0 rings (SSSR count). The van der Waals surface area contributed by atoms with Crippen molar-refractivity contribution < 1.29 is 80.2 Å². The highest BCUT2D eigenvalue weighted by atomic mass is 31.2. The van der Waals surface area contributed by atoms with E-state index in [0.717, 1.165) is 96.3 Å². The summed E-state index contributed by atoms with van der Waals surface area (Å²) in [5, 5.41) is 10.5. The Hall–Kier alpha value is -1.94. The minimum absolute atomic E-state index is 0.103. The van der Waals surface area contributed by atoms with Crippen LogP contribution in [-0.4, -0.2) is 96.7 Å². The number of ether oxygens (including phenoxy) is 4. The predicted molar refractivity (Wildman–Crippen MR) is 331 cm³/mol. The molecule has 0 aromatic carbocycles. The fourth-order valence-corrected chi connectivity index (χ4v) is 11.2. The molecule has 0 aromatic rings. The first-order valence-corrected chi connectivity index (χ1v) is 36.6.